The van der Waals surface area contributed by atoms with Gasteiger partial charge in [0.05, 0.1) is 27.7 Å². The lowest BCUT2D eigenvalue weighted by Crippen LogP contribution is -2.27. The first-order valence-corrected chi connectivity index (χ1v) is 8.71. The summed E-state index contributed by atoms with van der Waals surface area (Å²) in [6.07, 6.45) is 5.05. The molecule has 142 valence electrons. The van der Waals surface area contributed by atoms with E-state index in [1.807, 2.05) is 26.0 Å². The summed E-state index contributed by atoms with van der Waals surface area (Å²) in [5.41, 5.74) is 0.640. The van der Waals surface area contributed by atoms with Crippen LogP contribution in [-0.2, 0) is 0 Å². The van der Waals surface area contributed by atoms with E-state index in [1.54, 1.807) is 12.1 Å². The molecule has 6 nitrogen and oxygen atoms in total. The summed E-state index contributed by atoms with van der Waals surface area (Å²) in [6, 6.07) is 6.28. The summed E-state index contributed by atoms with van der Waals surface area (Å²) >= 11 is 0. The van der Waals surface area contributed by atoms with Gasteiger partial charge in [-0.2, -0.15) is 0 Å². The molecule has 0 bridgehead atoms. The first kappa shape index (κ1) is 13.7. The molecular formula is C22H18O6. The second kappa shape index (κ2) is 5.79. The molecule has 0 spiro atoms. The van der Waals surface area contributed by atoms with Crippen molar-refractivity contribution in [2.45, 2.75) is 19.4 Å². The van der Waals surface area contributed by atoms with Crippen molar-refractivity contribution in [3.63, 3.8) is 0 Å². The van der Waals surface area contributed by atoms with E-state index in [9.17, 15) is 4.79 Å². The van der Waals surface area contributed by atoms with Crippen LogP contribution >= 0.6 is 0 Å². The van der Waals surface area contributed by atoms with E-state index in [0.29, 0.717) is 33.8 Å². The van der Waals surface area contributed by atoms with Crippen LogP contribution in [-0.4, -0.2) is 19.4 Å². The van der Waals surface area contributed by atoms with Gasteiger partial charge in [0.2, 0.25) is 12.2 Å². The van der Waals surface area contributed by atoms with Crippen LogP contribution in [0.5, 0.6) is 23.0 Å². The van der Waals surface area contributed by atoms with Crippen LogP contribution < -0.4 is 24.4 Å². The lowest BCUT2D eigenvalue weighted by atomic mass is 9.99. The number of ether oxygens (including phenoxy) is 4. The number of hydrogen-bond acceptors (Lipinski definition) is 6. The van der Waals surface area contributed by atoms with Crippen molar-refractivity contribution in [2.24, 2.45) is 0 Å². The van der Waals surface area contributed by atoms with E-state index in [4.69, 9.17) is 27.5 Å². The van der Waals surface area contributed by atoms with Crippen molar-refractivity contribution in [2.75, 3.05) is 13.8 Å². The average molecular weight is 382 g/mol. The Bertz CT molecular complexity index is 1300. The fourth-order valence-electron chi connectivity index (χ4n) is 3.46. The van der Waals surface area contributed by atoms with Gasteiger partial charge in [-0.15, -0.1) is 0 Å². The van der Waals surface area contributed by atoms with E-state index in [1.165, 1.54) is 18.4 Å². The molecule has 1 aromatic heterocycles. The summed E-state index contributed by atoms with van der Waals surface area (Å²) in [5, 5.41) is 0.335. The SMILES string of the molecule is [2H][13C]([2H])([2H])Oc1cc2c(cc1-c1coc3c4c(ccc3c1=O)OC(C)(C)C=C4)OCO2. The van der Waals surface area contributed by atoms with Crippen LogP contribution in [0.2, 0.25) is 0 Å². The van der Waals surface area contributed by atoms with Crippen LogP contribution in [0.3, 0.4) is 0 Å². The first-order chi connectivity index (χ1) is 14.6. The van der Waals surface area contributed by atoms with Crippen molar-refractivity contribution in [3.8, 4) is 34.1 Å². The average Bonchev–Trinajstić information content (AvgIpc) is 3.13. The van der Waals surface area contributed by atoms with Crippen LogP contribution in [0.15, 0.2) is 45.8 Å². The minimum absolute atomic E-state index is 0.00680. The van der Waals surface area contributed by atoms with Crippen LogP contribution in [0, 0.1) is 0 Å². The lowest BCUT2D eigenvalue weighted by molar-refractivity contribution is 0.159. The Labute approximate surface area is 165 Å². The van der Waals surface area contributed by atoms with Gasteiger partial charge in [-0.3, -0.25) is 4.79 Å². The molecule has 2 aliphatic heterocycles. The topological polar surface area (TPSA) is 67.1 Å². The van der Waals surface area contributed by atoms with Crippen LogP contribution in [0.4, 0.5) is 0 Å². The van der Waals surface area contributed by atoms with E-state index in [2.05, 4.69) is 0 Å². The molecule has 3 heterocycles. The van der Waals surface area contributed by atoms with Crippen LogP contribution in [0.25, 0.3) is 28.2 Å². The van der Waals surface area contributed by atoms with Gasteiger partial charge in [-0.25, -0.2) is 0 Å². The summed E-state index contributed by atoms with van der Waals surface area (Å²) in [5.74, 6) is 1.31. The van der Waals surface area contributed by atoms with Crippen LogP contribution in [0.1, 0.15) is 23.5 Å². The van der Waals surface area contributed by atoms with Gasteiger partial charge >= 0.3 is 0 Å². The standard InChI is InChI=1S/C22H18O6/c1-22(2)7-6-12-16(28-22)5-4-13-20(23)15(10-25-21(12)13)14-8-18-19(27-11-26-18)9-17(14)24-3/h4-10H,11H2,1-3H3/i3+1D3. The number of hydrogen-bond donors (Lipinski definition) is 0. The zero-order chi connectivity index (χ0) is 22.0. The number of fused-ring (bicyclic) bond motifs is 4. The van der Waals surface area contributed by atoms with Crippen molar-refractivity contribution in [3.05, 3.63) is 52.4 Å². The normalized spacial score (nSPS) is 18.0. The molecule has 0 saturated carbocycles. The molecule has 28 heavy (non-hydrogen) atoms. The zero-order valence-electron chi connectivity index (χ0n) is 18.2. The molecule has 6 heteroatoms. The fourth-order valence-corrected chi connectivity index (χ4v) is 3.46. The Kier molecular flexibility index (Phi) is 2.84. The molecule has 0 N–H and O–H groups in total. The van der Waals surface area contributed by atoms with Gasteiger partial charge in [0.15, 0.2) is 11.5 Å². The highest BCUT2D eigenvalue weighted by Crippen LogP contribution is 2.42. The highest BCUT2D eigenvalue weighted by Gasteiger charge is 2.26. The largest absolute Gasteiger partial charge is 0.496 e. The van der Waals surface area contributed by atoms with E-state index < -0.39 is 12.6 Å². The Morgan fingerprint density at radius 3 is 2.75 bits per heavy atom. The van der Waals surface area contributed by atoms with Gasteiger partial charge in [-0.05, 0) is 44.2 Å². The first-order valence-electron chi connectivity index (χ1n) is 10.2. The summed E-state index contributed by atoms with van der Waals surface area (Å²) in [7, 11) is -2.71. The predicted molar refractivity (Wildman–Crippen MR) is 104 cm³/mol. The van der Waals surface area contributed by atoms with Gasteiger partial charge in [0.25, 0.3) is 0 Å². The third-order valence-electron chi connectivity index (χ3n) is 4.84. The highest BCUT2D eigenvalue weighted by molar-refractivity contribution is 5.91. The molecule has 2 aromatic carbocycles. The molecule has 0 fully saturated rings. The Balaban J connectivity index is 1.70. The molecule has 0 radical (unpaired) electrons. The van der Waals surface area contributed by atoms with Gasteiger partial charge in [0.1, 0.15) is 28.9 Å². The molecule has 0 unspecified atom stereocenters. The van der Waals surface area contributed by atoms with Crippen molar-refractivity contribution < 1.29 is 27.5 Å². The predicted octanol–water partition coefficient (Wildman–Crippen LogP) is 4.38. The molecule has 2 aliphatic rings. The smallest absolute Gasteiger partial charge is 0.231 e. The third kappa shape index (κ3) is 2.45. The maximum Gasteiger partial charge on any atom is 0.231 e. The Hall–Kier alpha value is -3.41. The quantitative estimate of drug-likeness (QED) is 0.613. The number of benzene rings is 2. The molecule has 5 rings (SSSR count). The number of rotatable bonds is 2. The fraction of sp³-hybridized carbons (Fsp3) is 0.227. The van der Waals surface area contributed by atoms with Crippen molar-refractivity contribution in [1.82, 2.24) is 0 Å². The maximum atomic E-state index is 13.4. The molecule has 3 aromatic rings. The number of methoxy groups -OCH3 is 1. The lowest BCUT2D eigenvalue weighted by Gasteiger charge is -2.27. The van der Waals surface area contributed by atoms with E-state index in [-0.39, 0.29) is 29.1 Å². The Morgan fingerprint density at radius 1 is 1.11 bits per heavy atom. The Morgan fingerprint density at radius 2 is 1.93 bits per heavy atom. The van der Waals surface area contributed by atoms with E-state index >= 15 is 0 Å². The van der Waals surface area contributed by atoms with Gasteiger partial charge in [0, 0.05) is 11.6 Å². The highest BCUT2D eigenvalue weighted by atomic mass is 16.7. The minimum Gasteiger partial charge on any atom is -0.496 e. The molecule has 0 saturated heterocycles. The zero-order valence-corrected chi connectivity index (χ0v) is 15.2. The summed E-state index contributed by atoms with van der Waals surface area (Å²) in [4.78, 5) is 13.4. The minimum atomic E-state index is -2.71. The van der Waals surface area contributed by atoms with Crippen molar-refractivity contribution >= 4 is 17.0 Å². The second-order valence-electron chi connectivity index (χ2n) is 7.18. The molecular weight excluding hydrogens is 361 g/mol. The van der Waals surface area contributed by atoms with Crippen molar-refractivity contribution in [1.29, 1.82) is 0 Å². The maximum absolute atomic E-state index is 13.4. The summed E-state index contributed by atoms with van der Waals surface area (Å²) < 4.78 is 50.0. The van der Waals surface area contributed by atoms with E-state index in [0.717, 1.165) is 0 Å². The molecule has 0 atom stereocenters. The monoisotopic (exact) mass is 382 g/mol. The van der Waals surface area contributed by atoms with Gasteiger partial charge in [-0.1, -0.05) is 0 Å². The molecule has 0 amide bonds. The van der Waals surface area contributed by atoms with Gasteiger partial charge < -0.3 is 23.4 Å². The second-order valence-corrected chi connectivity index (χ2v) is 7.18. The third-order valence-corrected chi connectivity index (χ3v) is 4.84. The molecule has 0 aliphatic carbocycles. The summed E-state index contributed by atoms with van der Waals surface area (Å²) in [6.45, 7) is 3.86.